The molecule has 3 saturated heterocycles. The summed E-state index contributed by atoms with van der Waals surface area (Å²) in [5.41, 5.74) is 11.2. The maximum atomic E-state index is 13.9. The third kappa shape index (κ3) is 9.41. The van der Waals surface area contributed by atoms with E-state index in [2.05, 4.69) is 16.0 Å². The lowest BCUT2D eigenvalue weighted by Crippen LogP contribution is -2.61. The smallest absolute Gasteiger partial charge is 0.326 e. The Bertz CT molecular complexity index is 1210. The van der Waals surface area contributed by atoms with Crippen LogP contribution in [0.4, 0.5) is 0 Å². The van der Waals surface area contributed by atoms with Crippen molar-refractivity contribution < 1.29 is 43.8 Å². The maximum Gasteiger partial charge on any atom is 0.326 e. The lowest BCUT2D eigenvalue weighted by molar-refractivity contribution is -0.150. The number of nitrogens with one attached hydrogen (secondary N) is 3. The second kappa shape index (κ2) is 17.5. The molecule has 6 amide bonds. The molecule has 0 aliphatic carbocycles. The number of aliphatic carboxylic acids is 1. The third-order valence-electron chi connectivity index (χ3n) is 9.25. The van der Waals surface area contributed by atoms with E-state index in [1.54, 1.807) is 0 Å². The van der Waals surface area contributed by atoms with Gasteiger partial charge in [0.15, 0.2) is 0 Å². The summed E-state index contributed by atoms with van der Waals surface area (Å²) in [5.74, 6) is -4.54. The first kappa shape index (κ1) is 38.6. The number of hydrogen-bond donors (Lipinski definition) is 7. The molecule has 3 aliphatic rings. The van der Waals surface area contributed by atoms with Gasteiger partial charge in [-0.25, -0.2) is 4.79 Å². The fourth-order valence-corrected chi connectivity index (χ4v) is 6.57. The molecule has 17 heteroatoms. The van der Waals surface area contributed by atoms with Gasteiger partial charge in [0.1, 0.15) is 36.3 Å². The fraction of sp³-hybridized carbons (Fsp3) is 0.774. The van der Waals surface area contributed by atoms with Crippen LogP contribution in [0.3, 0.4) is 0 Å². The van der Waals surface area contributed by atoms with Crippen LogP contribution in [0.5, 0.6) is 0 Å². The van der Waals surface area contributed by atoms with Crippen LogP contribution in [0.25, 0.3) is 0 Å². The second-order valence-corrected chi connectivity index (χ2v) is 13.0. The molecule has 270 valence electrons. The summed E-state index contributed by atoms with van der Waals surface area (Å²) in [6.45, 7) is 5.39. The van der Waals surface area contributed by atoms with Crippen LogP contribution in [-0.2, 0) is 33.6 Å². The summed E-state index contributed by atoms with van der Waals surface area (Å²) in [7, 11) is 0. The maximum absolute atomic E-state index is 13.9. The van der Waals surface area contributed by atoms with Crippen LogP contribution in [0.1, 0.15) is 78.6 Å². The van der Waals surface area contributed by atoms with Crippen LogP contribution < -0.4 is 27.4 Å². The molecule has 0 spiro atoms. The molecule has 0 aromatic carbocycles. The Labute approximate surface area is 280 Å². The third-order valence-corrected chi connectivity index (χ3v) is 9.25. The summed E-state index contributed by atoms with van der Waals surface area (Å²) in [6, 6.07) is -7.12. The van der Waals surface area contributed by atoms with Crippen molar-refractivity contribution in [3.63, 3.8) is 0 Å². The molecule has 3 rings (SSSR count). The Kier molecular flexibility index (Phi) is 14.1. The van der Waals surface area contributed by atoms with Crippen molar-refractivity contribution in [2.75, 3.05) is 26.2 Å². The average molecular weight is 681 g/mol. The average Bonchev–Trinajstić information content (AvgIpc) is 3.82. The highest BCUT2D eigenvalue weighted by molar-refractivity contribution is 5.97. The van der Waals surface area contributed by atoms with E-state index in [0.717, 1.165) is 0 Å². The summed E-state index contributed by atoms with van der Waals surface area (Å²) in [5, 5.41) is 27.8. The van der Waals surface area contributed by atoms with Gasteiger partial charge in [-0.1, -0.05) is 0 Å². The number of likely N-dealkylation sites (tertiary alicyclic amines) is 3. The molecule has 0 saturated carbocycles. The van der Waals surface area contributed by atoms with E-state index in [0.29, 0.717) is 57.9 Å². The number of unbranched alkanes of at least 4 members (excludes halogenated alkanes) is 1. The lowest BCUT2D eigenvalue weighted by atomic mass is 10.1. The second-order valence-electron chi connectivity index (χ2n) is 13.0. The molecule has 0 aromatic heterocycles. The van der Waals surface area contributed by atoms with Crippen LogP contribution in [0.2, 0.25) is 0 Å². The molecule has 0 unspecified atom stereocenters. The van der Waals surface area contributed by atoms with Gasteiger partial charge in [0.2, 0.25) is 35.4 Å². The SMILES string of the molecule is C[C@H](N)C(=O)N[C@@H](CCCCN)C(=O)N[C@H](C(=O)N1CCC[C@H]1C(=O)N1CCC[C@H]1C(=O)N[C@@H](C)C(=O)N1CCC[C@H]1C(=O)O)[C@@H](C)O. The summed E-state index contributed by atoms with van der Waals surface area (Å²) < 4.78 is 0. The van der Waals surface area contributed by atoms with Crippen LogP contribution in [0, 0.1) is 0 Å². The Morgan fingerprint density at radius 3 is 1.88 bits per heavy atom. The first-order chi connectivity index (χ1) is 22.7. The number of aliphatic hydroxyl groups excluding tert-OH is 1. The van der Waals surface area contributed by atoms with E-state index in [1.165, 1.54) is 35.5 Å². The summed E-state index contributed by atoms with van der Waals surface area (Å²) in [6.07, 6.45) is 2.53. The van der Waals surface area contributed by atoms with E-state index in [9.17, 15) is 43.8 Å². The molecule has 48 heavy (non-hydrogen) atoms. The van der Waals surface area contributed by atoms with E-state index in [-0.39, 0.29) is 26.1 Å². The van der Waals surface area contributed by atoms with Crippen molar-refractivity contribution in [2.45, 2.75) is 127 Å². The summed E-state index contributed by atoms with van der Waals surface area (Å²) in [4.78, 5) is 95.1. The van der Waals surface area contributed by atoms with Gasteiger partial charge < -0.3 is 52.3 Å². The monoisotopic (exact) mass is 680 g/mol. The minimum absolute atomic E-state index is 0.187. The van der Waals surface area contributed by atoms with Gasteiger partial charge in [-0.2, -0.15) is 0 Å². The number of amides is 6. The highest BCUT2D eigenvalue weighted by Gasteiger charge is 2.45. The van der Waals surface area contributed by atoms with Crippen molar-refractivity contribution in [3.8, 4) is 0 Å². The van der Waals surface area contributed by atoms with Gasteiger partial charge in [-0.05, 0) is 85.1 Å². The van der Waals surface area contributed by atoms with Gasteiger partial charge in [-0.15, -0.1) is 0 Å². The zero-order chi connectivity index (χ0) is 35.7. The molecule has 0 radical (unpaired) electrons. The van der Waals surface area contributed by atoms with E-state index < -0.39 is 89.8 Å². The quantitative estimate of drug-likeness (QED) is 0.0881. The number of carbonyl (C=O) groups is 7. The predicted octanol–water partition coefficient (Wildman–Crippen LogP) is -2.62. The Hall–Kier alpha value is -3.83. The largest absolute Gasteiger partial charge is 0.480 e. The molecular weight excluding hydrogens is 628 g/mol. The summed E-state index contributed by atoms with van der Waals surface area (Å²) >= 11 is 0. The van der Waals surface area contributed by atoms with Gasteiger partial charge in [0.05, 0.1) is 12.1 Å². The van der Waals surface area contributed by atoms with Gasteiger partial charge >= 0.3 is 5.97 Å². The molecule has 8 atom stereocenters. The van der Waals surface area contributed by atoms with E-state index in [4.69, 9.17) is 11.5 Å². The molecular formula is C31H52N8O9. The first-order valence-corrected chi connectivity index (χ1v) is 16.9. The van der Waals surface area contributed by atoms with Crippen LogP contribution >= 0.6 is 0 Å². The number of carbonyl (C=O) groups excluding carboxylic acids is 6. The number of nitrogens with zero attached hydrogens (tertiary/aromatic N) is 3. The normalized spacial score (nSPS) is 24.0. The number of aliphatic hydroxyl groups is 1. The molecule has 17 nitrogen and oxygen atoms in total. The zero-order valence-corrected chi connectivity index (χ0v) is 28.1. The van der Waals surface area contributed by atoms with Gasteiger partial charge in [0, 0.05) is 19.6 Å². The van der Waals surface area contributed by atoms with Gasteiger partial charge in [0.25, 0.3) is 0 Å². The number of hydrogen-bond acceptors (Lipinski definition) is 10. The molecule has 3 fully saturated rings. The number of carboxylic acids is 1. The van der Waals surface area contributed by atoms with Crippen LogP contribution in [-0.4, -0.2) is 141 Å². The molecule has 3 heterocycles. The fourth-order valence-electron chi connectivity index (χ4n) is 6.57. The number of carboxylic acid groups (broad SMARTS) is 1. The van der Waals surface area contributed by atoms with Crippen molar-refractivity contribution in [1.82, 2.24) is 30.7 Å². The van der Waals surface area contributed by atoms with Crippen molar-refractivity contribution in [1.29, 1.82) is 0 Å². The Morgan fingerprint density at radius 2 is 1.31 bits per heavy atom. The number of nitrogens with two attached hydrogens (primary N) is 2. The topological polar surface area (TPSA) is 258 Å². The molecule has 0 bridgehead atoms. The molecule has 9 N–H and O–H groups in total. The molecule has 3 aliphatic heterocycles. The Balaban J connectivity index is 1.69. The highest BCUT2D eigenvalue weighted by atomic mass is 16.4. The lowest BCUT2D eigenvalue weighted by Gasteiger charge is -2.34. The van der Waals surface area contributed by atoms with E-state index >= 15 is 0 Å². The Morgan fingerprint density at radius 1 is 0.750 bits per heavy atom. The van der Waals surface area contributed by atoms with E-state index in [1.807, 2.05) is 0 Å². The van der Waals surface area contributed by atoms with Crippen LogP contribution in [0.15, 0.2) is 0 Å². The first-order valence-electron chi connectivity index (χ1n) is 16.9. The highest BCUT2D eigenvalue weighted by Crippen LogP contribution is 2.26. The zero-order valence-electron chi connectivity index (χ0n) is 28.1. The van der Waals surface area contributed by atoms with Crippen molar-refractivity contribution in [2.24, 2.45) is 11.5 Å². The predicted molar refractivity (Wildman–Crippen MR) is 172 cm³/mol. The van der Waals surface area contributed by atoms with Crippen molar-refractivity contribution >= 4 is 41.4 Å². The molecule has 0 aromatic rings. The minimum atomic E-state index is -1.42. The number of rotatable bonds is 15. The van der Waals surface area contributed by atoms with Crippen molar-refractivity contribution in [3.05, 3.63) is 0 Å². The van der Waals surface area contributed by atoms with Gasteiger partial charge in [-0.3, -0.25) is 28.8 Å². The standard InChI is InChI=1S/C31H52N8O9/c1-17(33)25(41)35-20(9-4-5-13-32)26(42)36-24(19(3)40)30(46)38-15-7-11-22(38)29(45)37-14-6-10-21(37)27(43)34-18(2)28(44)39-16-8-12-23(39)31(47)48/h17-24,40H,4-16,32-33H2,1-3H3,(H,34,43)(H,35,41)(H,36,42)(H,47,48)/t17-,18-,19+,20-,21-,22-,23-,24-/m0/s1. The minimum Gasteiger partial charge on any atom is -0.480 e.